The van der Waals surface area contributed by atoms with Gasteiger partial charge in [0.25, 0.3) is 0 Å². The first kappa shape index (κ1) is 26.6. The average molecular weight is 370 g/mol. The van der Waals surface area contributed by atoms with Gasteiger partial charge in [0.15, 0.2) is 0 Å². The second-order valence-corrected chi connectivity index (χ2v) is 3.65. The zero-order chi connectivity index (χ0) is 19.2. The minimum absolute atomic E-state index is 0.417. The Balaban J connectivity index is -0.000000484. The molecular weight excluding hydrogens is 356 g/mol. The third kappa shape index (κ3) is 12.3. The van der Waals surface area contributed by atoms with Crippen LogP contribution in [0, 0.1) is 0 Å². The van der Waals surface area contributed by atoms with E-state index in [4.69, 9.17) is 46.9 Å². The SMILES string of the molecule is FF.FF.FF.FF.[N-]=[N+]=NCc1ccc(N2CCOCC2)cc1. The van der Waals surface area contributed by atoms with Crippen LogP contribution in [0.15, 0.2) is 29.4 Å². The summed E-state index contributed by atoms with van der Waals surface area (Å²) in [6.45, 7) is 3.88. The molecule has 140 valence electrons. The van der Waals surface area contributed by atoms with E-state index in [1.165, 1.54) is 5.69 Å². The number of hydrogen-bond acceptors (Lipinski definition) is 3. The summed E-state index contributed by atoms with van der Waals surface area (Å²) >= 11 is 0. The predicted octanol–water partition coefficient (Wildman–Crippen LogP) is 5.70. The number of rotatable bonds is 3. The first-order chi connectivity index (χ1) is 11.9. The smallest absolute Gasteiger partial charge is 0.0642 e. The summed E-state index contributed by atoms with van der Waals surface area (Å²) in [5, 5.41) is 3.53. The first-order valence-electron chi connectivity index (χ1n) is 5.90. The quantitative estimate of drug-likeness (QED) is 0.297. The van der Waals surface area contributed by atoms with E-state index in [-0.39, 0.29) is 0 Å². The fraction of sp³-hybridized carbons (Fsp3) is 0.455. The van der Waals surface area contributed by atoms with Crippen LogP contribution in [-0.4, -0.2) is 26.3 Å². The molecule has 0 atom stereocenters. The van der Waals surface area contributed by atoms with Gasteiger partial charge in [0.1, 0.15) is 0 Å². The van der Waals surface area contributed by atoms with Crippen LogP contribution in [0.1, 0.15) is 5.56 Å². The van der Waals surface area contributed by atoms with E-state index in [0.717, 1.165) is 31.9 Å². The van der Waals surface area contributed by atoms with Crippen LogP contribution in [-0.2, 0) is 11.3 Å². The summed E-state index contributed by atoms with van der Waals surface area (Å²) in [6, 6.07) is 8.13. The Bertz CT molecular complexity index is 400. The van der Waals surface area contributed by atoms with Crippen molar-refractivity contribution in [1.29, 1.82) is 0 Å². The molecule has 13 heteroatoms. The van der Waals surface area contributed by atoms with Gasteiger partial charge in [0.2, 0.25) is 0 Å². The zero-order valence-electron chi connectivity index (χ0n) is 12.1. The lowest BCUT2D eigenvalue weighted by Gasteiger charge is -2.28. The summed E-state index contributed by atoms with van der Waals surface area (Å²) in [7, 11) is 0. The lowest BCUT2D eigenvalue weighted by molar-refractivity contribution is 0.108. The minimum atomic E-state index is 0.417. The van der Waals surface area contributed by atoms with Crippen molar-refractivity contribution in [2.24, 2.45) is 5.11 Å². The van der Waals surface area contributed by atoms with Crippen LogP contribution in [0.5, 0.6) is 0 Å². The predicted molar refractivity (Wildman–Crippen MR) is 71.2 cm³/mol. The molecule has 1 aliphatic heterocycles. The maximum Gasteiger partial charge on any atom is 0.0642 e. The molecule has 0 amide bonds. The number of azide groups is 1. The Morgan fingerprint density at radius 2 is 1.38 bits per heavy atom. The monoisotopic (exact) mass is 370 g/mol. The molecule has 0 spiro atoms. The molecule has 1 heterocycles. The summed E-state index contributed by atoms with van der Waals surface area (Å²) in [6.07, 6.45) is 0. The van der Waals surface area contributed by atoms with Crippen LogP contribution in [0.4, 0.5) is 42.3 Å². The molecule has 1 aromatic carbocycles. The number of hydrogen-bond donors (Lipinski definition) is 0. The normalized spacial score (nSPS) is 11.4. The van der Waals surface area contributed by atoms with Crippen molar-refractivity contribution in [2.45, 2.75) is 6.54 Å². The topological polar surface area (TPSA) is 61.2 Å². The van der Waals surface area contributed by atoms with Crippen molar-refractivity contribution < 1.29 is 41.3 Å². The first-order valence-corrected chi connectivity index (χ1v) is 5.90. The molecule has 0 bridgehead atoms. The van der Waals surface area contributed by atoms with Gasteiger partial charge in [-0.2, -0.15) is 0 Å². The fourth-order valence-electron chi connectivity index (χ4n) is 1.75. The molecule has 0 aliphatic carbocycles. The van der Waals surface area contributed by atoms with Gasteiger partial charge < -0.3 is 9.64 Å². The molecule has 1 fully saturated rings. The number of halogens is 8. The second kappa shape index (κ2) is 23.0. The van der Waals surface area contributed by atoms with Crippen molar-refractivity contribution in [3.8, 4) is 0 Å². The lowest BCUT2D eigenvalue weighted by Crippen LogP contribution is -2.36. The van der Waals surface area contributed by atoms with Gasteiger partial charge in [-0.1, -0.05) is 17.2 Å². The van der Waals surface area contributed by atoms with Crippen molar-refractivity contribution in [3.05, 3.63) is 40.3 Å². The van der Waals surface area contributed by atoms with E-state index in [1.807, 2.05) is 12.1 Å². The maximum atomic E-state index is 8.22. The van der Waals surface area contributed by atoms with Crippen LogP contribution < -0.4 is 4.90 Å². The van der Waals surface area contributed by atoms with Gasteiger partial charge in [0, 0.05) is 60.3 Å². The average Bonchev–Trinajstić information content (AvgIpc) is 2.73. The van der Waals surface area contributed by atoms with Crippen molar-refractivity contribution >= 4 is 5.69 Å². The van der Waals surface area contributed by atoms with Crippen LogP contribution >= 0.6 is 0 Å². The summed E-state index contributed by atoms with van der Waals surface area (Å²) in [5.74, 6) is 0. The van der Waals surface area contributed by atoms with Crippen molar-refractivity contribution in [2.75, 3.05) is 31.2 Å². The van der Waals surface area contributed by atoms with Crippen molar-refractivity contribution in [1.82, 2.24) is 0 Å². The van der Waals surface area contributed by atoms with Crippen LogP contribution in [0.2, 0.25) is 0 Å². The molecule has 0 radical (unpaired) electrons. The highest BCUT2D eigenvalue weighted by Gasteiger charge is 2.10. The van der Waals surface area contributed by atoms with Gasteiger partial charge in [-0.3, -0.25) is 0 Å². The maximum absolute atomic E-state index is 8.22. The molecule has 2 rings (SSSR count). The number of ether oxygens (including phenoxy) is 1. The molecule has 0 saturated carbocycles. The highest BCUT2D eigenvalue weighted by atomic mass is 20.0. The van der Waals surface area contributed by atoms with Crippen molar-refractivity contribution in [3.63, 3.8) is 0 Å². The van der Waals surface area contributed by atoms with Gasteiger partial charge in [-0.25, -0.2) is 0 Å². The number of nitrogens with zero attached hydrogens (tertiary/aromatic N) is 4. The van der Waals surface area contributed by atoms with E-state index in [2.05, 4.69) is 27.1 Å². The highest BCUT2D eigenvalue weighted by Crippen LogP contribution is 2.16. The standard InChI is InChI=1S/C11H14N4O.4F2/c12-14-13-9-10-1-3-11(4-2-10)15-5-7-16-8-6-15;4*1-2/h1-4H,5-9H2;;;;. The minimum Gasteiger partial charge on any atom is -0.378 e. The van der Waals surface area contributed by atoms with Crippen LogP contribution in [0.25, 0.3) is 10.4 Å². The fourth-order valence-corrected chi connectivity index (χ4v) is 1.75. The second-order valence-electron chi connectivity index (χ2n) is 3.65. The summed E-state index contributed by atoms with van der Waals surface area (Å²) in [4.78, 5) is 5.03. The highest BCUT2D eigenvalue weighted by molar-refractivity contribution is 5.47. The Morgan fingerprint density at radius 1 is 0.917 bits per heavy atom. The lowest BCUT2D eigenvalue weighted by atomic mass is 10.2. The third-order valence-electron chi connectivity index (χ3n) is 2.63. The molecule has 5 nitrogen and oxygen atoms in total. The van der Waals surface area contributed by atoms with Gasteiger partial charge in [0.05, 0.1) is 19.8 Å². The third-order valence-corrected chi connectivity index (χ3v) is 2.63. The van der Waals surface area contributed by atoms with Crippen LogP contribution in [0.3, 0.4) is 0 Å². The number of morpholine rings is 1. The number of benzene rings is 1. The largest absolute Gasteiger partial charge is 0.378 e. The molecule has 1 aromatic rings. The van der Waals surface area contributed by atoms with Gasteiger partial charge in [-0.15, -0.1) is 0 Å². The molecule has 1 saturated heterocycles. The number of anilines is 1. The van der Waals surface area contributed by atoms with E-state index in [9.17, 15) is 0 Å². The Kier molecular flexibility index (Phi) is 25.5. The molecule has 24 heavy (non-hydrogen) atoms. The molecule has 0 N–H and O–H groups in total. The zero-order valence-corrected chi connectivity index (χ0v) is 12.1. The summed E-state index contributed by atoms with van der Waals surface area (Å²) < 4.78 is 69.3. The van der Waals surface area contributed by atoms with E-state index < -0.39 is 0 Å². The van der Waals surface area contributed by atoms with E-state index in [0.29, 0.717) is 6.54 Å². The Morgan fingerprint density at radius 3 is 1.79 bits per heavy atom. The molecular formula is C11H14F8N4O. The van der Waals surface area contributed by atoms with E-state index in [1.54, 1.807) is 0 Å². The Labute approximate surface area is 131 Å². The summed E-state index contributed by atoms with van der Waals surface area (Å²) in [5.41, 5.74) is 10.5. The molecule has 1 aliphatic rings. The van der Waals surface area contributed by atoms with E-state index >= 15 is 0 Å². The molecule has 0 unspecified atom stereocenters. The van der Waals surface area contributed by atoms with Gasteiger partial charge >= 0.3 is 0 Å². The van der Waals surface area contributed by atoms with Gasteiger partial charge in [-0.05, 0) is 23.2 Å². The molecule has 0 aromatic heterocycles. The Hall–Kier alpha value is -2.27.